The molecule has 152 valence electrons. The third kappa shape index (κ3) is 5.75. The lowest BCUT2D eigenvalue weighted by molar-refractivity contribution is -0.384. The first-order chi connectivity index (χ1) is 13.9. The zero-order valence-corrected chi connectivity index (χ0v) is 16.4. The van der Waals surface area contributed by atoms with E-state index in [1.807, 2.05) is 35.2 Å². The minimum Gasteiger partial charge on any atom is -0.349 e. The van der Waals surface area contributed by atoms with Crippen LogP contribution in [0.4, 0.5) is 11.4 Å². The molecule has 2 aromatic rings. The molecular formula is C20H21ClN4O4. The largest absolute Gasteiger partial charge is 0.349 e. The monoisotopic (exact) mass is 416 g/mol. The smallest absolute Gasteiger partial charge is 0.270 e. The summed E-state index contributed by atoms with van der Waals surface area (Å²) in [5.74, 6) is -0.429. The van der Waals surface area contributed by atoms with Crippen molar-refractivity contribution in [2.45, 2.75) is 18.9 Å². The van der Waals surface area contributed by atoms with Crippen molar-refractivity contribution in [3.05, 3.63) is 69.2 Å². The lowest BCUT2D eigenvalue weighted by Gasteiger charge is -2.31. The van der Waals surface area contributed by atoms with Gasteiger partial charge in [-0.25, -0.2) is 0 Å². The van der Waals surface area contributed by atoms with E-state index >= 15 is 0 Å². The van der Waals surface area contributed by atoms with Gasteiger partial charge in [-0.1, -0.05) is 29.8 Å². The first kappa shape index (κ1) is 20.8. The zero-order chi connectivity index (χ0) is 20.8. The van der Waals surface area contributed by atoms with Crippen molar-refractivity contribution in [1.82, 2.24) is 10.2 Å². The number of non-ortho nitro benzene ring substituents is 1. The number of hydrogen-bond acceptors (Lipinski definition) is 5. The summed E-state index contributed by atoms with van der Waals surface area (Å²) in [5.41, 5.74) is 0.815. The molecule has 1 heterocycles. The van der Waals surface area contributed by atoms with Crippen molar-refractivity contribution in [2.24, 2.45) is 0 Å². The van der Waals surface area contributed by atoms with Gasteiger partial charge in [0.2, 0.25) is 5.91 Å². The molecule has 1 fully saturated rings. The standard InChI is InChI=1S/C20H21ClN4O4/c21-18-12-16(25(28)29)6-7-17(18)20(27)23-15-8-10-24(11-9-15)13-19(26)22-14-4-2-1-3-5-14/h1-7,12,15H,8-11,13H2,(H,22,26)(H,23,27). The van der Waals surface area contributed by atoms with E-state index in [0.29, 0.717) is 32.5 Å². The molecule has 0 aromatic heterocycles. The number of carbonyl (C=O) groups is 2. The summed E-state index contributed by atoms with van der Waals surface area (Å²) < 4.78 is 0. The number of halogens is 1. The van der Waals surface area contributed by atoms with Crippen LogP contribution in [-0.4, -0.2) is 47.3 Å². The van der Waals surface area contributed by atoms with Gasteiger partial charge < -0.3 is 10.6 Å². The van der Waals surface area contributed by atoms with Crippen molar-refractivity contribution in [3.63, 3.8) is 0 Å². The van der Waals surface area contributed by atoms with Crippen molar-refractivity contribution < 1.29 is 14.5 Å². The van der Waals surface area contributed by atoms with E-state index in [-0.39, 0.29) is 34.1 Å². The molecule has 1 aliphatic rings. The Morgan fingerprint density at radius 3 is 2.45 bits per heavy atom. The predicted molar refractivity (Wildman–Crippen MR) is 110 cm³/mol. The fraction of sp³-hybridized carbons (Fsp3) is 0.300. The molecule has 29 heavy (non-hydrogen) atoms. The molecule has 1 aliphatic heterocycles. The van der Waals surface area contributed by atoms with Crippen molar-refractivity contribution in [2.75, 3.05) is 25.0 Å². The van der Waals surface area contributed by atoms with E-state index in [0.717, 1.165) is 5.69 Å². The number of nitrogens with zero attached hydrogens (tertiary/aromatic N) is 2. The Bertz CT molecular complexity index is 899. The number of anilines is 1. The molecule has 0 saturated carbocycles. The van der Waals surface area contributed by atoms with Crippen LogP contribution in [0, 0.1) is 10.1 Å². The average molecular weight is 417 g/mol. The van der Waals surface area contributed by atoms with Crippen molar-refractivity contribution in [1.29, 1.82) is 0 Å². The lowest BCUT2D eigenvalue weighted by atomic mass is 10.0. The second kappa shape index (κ2) is 9.49. The Hall–Kier alpha value is -2.97. The third-order valence-corrected chi connectivity index (χ3v) is 5.07. The summed E-state index contributed by atoms with van der Waals surface area (Å²) in [6, 6.07) is 13.0. The maximum atomic E-state index is 12.4. The molecule has 0 unspecified atom stereocenters. The minimum absolute atomic E-state index is 0.0396. The van der Waals surface area contributed by atoms with Gasteiger partial charge in [-0.15, -0.1) is 0 Å². The number of carbonyl (C=O) groups excluding carboxylic acids is 2. The molecule has 8 nitrogen and oxygen atoms in total. The molecule has 0 aliphatic carbocycles. The summed E-state index contributed by atoms with van der Waals surface area (Å²) in [4.78, 5) is 36.8. The van der Waals surface area contributed by atoms with Crippen LogP contribution in [0.1, 0.15) is 23.2 Å². The maximum Gasteiger partial charge on any atom is 0.270 e. The number of nitro benzene ring substituents is 1. The van der Waals surface area contributed by atoms with Crippen LogP contribution in [-0.2, 0) is 4.79 Å². The van der Waals surface area contributed by atoms with Crippen LogP contribution in [0.3, 0.4) is 0 Å². The van der Waals surface area contributed by atoms with Gasteiger partial charge in [0.1, 0.15) is 0 Å². The van der Waals surface area contributed by atoms with E-state index in [1.54, 1.807) is 0 Å². The first-order valence-corrected chi connectivity index (χ1v) is 9.62. The first-order valence-electron chi connectivity index (χ1n) is 9.24. The van der Waals surface area contributed by atoms with Crippen LogP contribution in [0.2, 0.25) is 5.02 Å². The normalized spacial score (nSPS) is 14.9. The van der Waals surface area contributed by atoms with Crippen molar-refractivity contribution in [3.8, 4) is 0 Å². The molecule has 2 aromatic carbocycles. The quantitative estimate of drug-likeness (QED) is 0.556. The number of nitro groups is 1. The Morgan fingerprint density at radius 2 is 1.83 bits per heavy atom. The molecule has 0 radical (unpaired) electrons. The van der Waals surface area contributed by atoms with Crippen LogP contribution in [0.5, 0.6) is 0 Å². The van der Waals surface area contributed by atoms with Gasteiger partial charge in [0, 0.05) is 37.0 Å². The molecule has 0 spiro atoms. The van der Waals surface area contributed by atoms with Crippen LogP contribution < -0.4 is 10.6 Å². The summed E-state index contributed by atoms with van der Waals surface area (Å²) in [6.45, 7) is 1.66. The molecule has 0 bridgehead atoms. The van der Waals surface area contributed by atoms with E-state index in [2.05, 4.69) is 10.6 Å². The molecule has 3 rings (SSSR count). The fourth-order valence-electron chi connectivity index (χ4n) is 3.23. The van der Waals surface area contributed by atoms with E-state index in [4.69, 9.17) is 11.6 Å². The van der Waals surface area contributed by atoms with E-state index < -0.39 is 4.92 Å². The summed E-state index contributed by atoms with van der Waals surface area (Å²) in [5, 5.41) is 16.6. The SMILES string of the molecule is O=C(CN1CCC(NC(=O)c2ccc([N+](=O)[O-])cc2Cl)CC1)Nc1ccccc1. The Labute approximate surface area is 173 Å². The summed E-state index contributed by atoms with van der Waals surface area (Å²) in [6.07, 6.45) is 1.41. The van der Waals surface area contributed by atoms with Gasteiger partial charge >= 0.3 is 0 Å². The Morgan fingerprint density at radius 1 is 1.14 bits per heavy atom. The highest BCUT2D eigenvalue weighted by atomic mass is 35.5. The highest BCUT2D eigenvalue weighted by Crippen LogP contribution is 2.23. The van der Waals surface area contributed by atoms with Crippen molar-refractivity contribution >= 4 is 34.8 Å². The summed E-state index contributed by atoms with van der Waals surface area (Å²) in [7, 11) is 0. The van der Waals surface area contributed by atoms with Gasteiger partial charge in [0.25, 0.3) is 11.6 Å². The highest BCUT2D eigenvalue weighted by Gasteiger charge is 2.23. The molecule has 1 saturated heterocycles. The lowest BCUT2D eigenvalue weighted by Crippen LogP contribution is -2.46. The van der Waals surface area contributed by atoms with E-state index in [1.165, 1.54) is 18.2 Å². The molecule has 2 N–H and O–H groups in total. The van der Waals surface area contributed by atoms with Crippen LogP contribution in [0.15, 0.2) is 48.5 Å². The number of likely N-dealkylation sites (tertiary alicyclic amines) is 1. The van der Waals surface area contributed by atoms with E-state index in [9.17, 15) is 19.7 Å². The zero-order valence-electron chi connectivity index (χ0n) is 15.6. The number of benzene rings is 2. The number of nitrogens with one attached hydrogen (secondary N) is 2. The van der Waals surface area contributed by atoms with Gasteiger partial charge in [0.15, 0.2) is 0 Å². The van der Waals surface area contributed by atoms with Gasteiger partial charge in [-0.3, -0.25) is 24.6 Å². The number of rotatable bonds is 6. The third-order valence-electron chi connectivity index (χ3n) is 4.76. The molecule has 2 amide bonds. The van der Waals surface area contributed by atoms with Gasteiger partial charge in [0.05, 0.1) is 22.1 Å². The Balaban J connectivity index is 1.46. The summed E-state index contributed by atoms with van der Waals surface area (Å²) >= 11 is 6.02. The number of piperidine rings is 1. The Kier molecular flexibility index (Phi) is 6.79. The second-order valence-corrected chi connectivity index (χ2v) is 7.27. The van der Waals surface area contributed by atoms with Crippen LogP contribution >= 0.6 is 11.6 Å². The highest BCUT2D eigenvalue weighted by molar-refractivity contribution is 6.34. The fourth-order valence-corrected chi connectivity index (χ4v) is 3.49. The predicted octanol–water partition coefficient (Wildman–Crippen LogP) is 3.08. The second-order valence-electron chi connectivity index (χ2n) is 6.86. The molecular weight excluding hydrogens is 396 g/mol. The van der Waals surface area contributed by atoms with Crippen LogP contribution in [0.25, 0.3) is 0 Å². The minimum atomic E-state index is -0.558. The number of hydrogen-bond donors (Lipinski definition) is 2. The average Bonchev–Trinajstić information content (AvgIpc) is 2.70. The van der Waals surface area contributed by atoms with Gasteiger partial charge in [-0.05, 0) is 31.0 Å². The molecule has 9 heteroatoms. The number of amides is 2. The maximum absolute atomic E-state index is 12.4. The topological polar surface area (TPSA) is 105 Å². The number of para-hydroxylation sites is 1. The van der Waals surface area contributed by atoms with Gasteiger partial charge in [-0.2, -0.15) is 0 Å². The molecule has 0 atom stereocenters.